The molecule has 0 bridgehead atoms. The van der Waals surface area contributed by atoms with E-state index >= 15 is 0 Å². The van der Waals surface area contributed by atoms with E-state index in [2.05, 4.69) is 4.99 Å². The minimum Gasteiger partial charge on any atom is -0.507 e. The van der Waals surface area contributed by atoms with Crippen molar-refractivity contribution in [2.75, 3.05) is 7.11 Å². The summed E-state index contributed by atoms with van der Waals surface area (Å²) in [6.07, 6.45) is 1.57. The van der Waals surface area contributed by atoms with Crippen LogP contribution in [0.1, 0.15) is 11.1 Å². The standard InChI is InChI=1S/C15H12N2O2/c1-19-14-7-4-12(15(18)8-14)10-17-13-5-2-11(9-16)3-6-13/h2-8,10,18H,1H3/b17-10+. The Hall–Kier alpha value is -2.80. The van der Waals surface area contributed by atoms with E-state index in [0.717, 1.165) is 0 Å². The maximum Gasteiger partial charge on any atom is 0.128 e. The fourth-order valence-electron chi connectivity index (χ4n) is 1.53. The number of aromatic hydroxyl groups is 1. The van der Waals surface area contributed by atoms with E-state index in [1.165, 1.54) is 6.07 Å². The average molecular weight is 252 g/mol. The Balaban J connectivity index is 2.20. The van der Waals surface area contributed by atoms with Crippen LogP contribution in [-0.2, 0) is 0 Å². The maximum absolute atomic E-state index is 9.77. The predicted octanol–water partition coefficient (Wildman–Crippen LogP) is 3.02. The lowest BCUT2D eigenvalue weighted by atomic mass is 10.2. The number of hydrogen-bond acceptors (Lipinski definition) is 4. The van der Waals surface area contributed by atoms with Gasteiger partial charge in [-0.05, 0) is 36.4 Å². The van der Waals surface area contributed by atoms with Crippen LogP contribution in [0.2, 0.25) is 0 Å². The van der Waals surface area contributed by atoms with Gasteiger partial charge in [-0.3, -0.25) is 4.99 Å². The van der Waals surface area contributed by atoms with E-state index < -0.39 is 0 Å². The second kappa shape index (κ2) is 5.69. The van der Waals surface area contributed by atoms with Gasteiger partial charge in [0.2, 0.25) is 0 Å². The molecule has 4 nitrogen and oxygen atoms in total. The summed E-state index contributed by atoms with van der Waals surface area (Å²) in [6.45, 7) is 0. The number of aliphatic imine (C=N–C) groups is 1. The molecule has 2 aromatic carbocycles. The summed E-state index contributed by atoms with van der Waals surface area (Å²) >= 11 is 0. The molecule has 0 spiro atoms. The van der Waals surface area contributed by atoms with E-state index in [4.69, 9.17) is 10.00 Å². The minimum absolute atomic E-state index is 0.108. The van der Waals surface area contributed by atoms with Crippen LogP contribution in [0.3, 0.4) is 0 Å². The zero-order chi connectivity index (χ0) is 13.7. The third-order valence-corrected chi connectivity index (χ3v) is 2.59. The van der Waals surface area contributed by atoms with Crippen LogP contribution in [0.4, 0.5) is 5.69 Å². The van der Waals surface area contributed by atoms with E-state index in [9.17, 15) is 5.11 Å². The summed E-state index contributed by atoms with van der Waals surface area (Å²) in [6, 6.07) is 13.9. The lowest BCUT2D eigenvalue weighted by Crippen LogP contribution is -1.86. The number of nitrogens with zero attached hydrogens (tertiary/aromatic N) is 2. The zero-order valence-electron chi connectivity index (χ0n) is 10.4. The molecular formula is C15H12N2O2. The Kier molecular flexibility index (Phi) is 3.79. The molecule has 0 aliphatic rings. The van der Waals surface area contributed by atoms with Crippen LogP contribution in [0.5, 0.6) is 11.5 Å². The third kappa shape index (κ3) is 3.11. The number of rotatable bonds is 3. The molecule has 1 N–H and O–H groups in total. The van der Waals surface area contributed by atoms with Crippen molar-refractivity contribution in [2.45, 2.75) is 0 Å². The van der Waals surface area contributed by atoms with E-state index in [-0.39, 0.29) is 5.75 Å². The van der Waals surface area contributed by atoms with Crippen LogP contribution in [0.15, 0.2) is 47.5 Å². The van der Waals surface area contributed by atoms with Gasteiger partial charge in [-0.25, -0.2) is 0 Å². The van der Waals surface area contributed by atoms with Crippen molar-refractivity contribution < 1.29 is 9.84 Å². The van der Waals surface area contributed by atoms with Gasteiger partial charge in [0.25, 0.3) is 0 Å². The summed E-state index contributed by atoms with van der Waals surface area (Å²) in [5.74, 6) is 0.699. The molecular weight excluding hydrogens is 240 g/mol. The molecule has 2 rings (SSSR count). The van der Waals surface area contributed by atoms with Gasteiger partial charge in [-0.15, -0.1) is 0 Å². The van der Waals surface area contributed by atoms with Crippen molar-refractivity contribution >= 4 is 11.9 Å². The van der Waals surface area contributed by atoms with Crippen molar-refractivity contribution in [2.24, 2.45) is 4.99 Å². The van der Waals surface area contributed by atoms with Crippen LogP contribution in [-0.4, -0.2) is 18.4 Å². The molecule has 2 aromatic rings. The highest BCUT2D eigenvalue weighted by Gasteiger charge is 2.00. The Morgan fingerprint density at radius 1 is 1.21 bits per heavy atom. The topological polar surface area (TPSA) is 65.6 Å². The molecule has 0 aliphatic heterocycles. The third-order valence-electron chi connectivity index (χ3n) is 2.59. The first-order valence-corrected chi connectivity index (χ1v) is 5.64. The molecule has 0 aliphatic carbocycles. The molecule has 0 heterocycles. The highest BCUT2D eigenvalue weighted by Crippen LogP contribution is 2.22. The van der Waals surface area contributed by atoms with Crippen molar-refractivity contribution in [1.82, 2.24) is 0 Å². The minimum atomic E-state index is 0.108. The first kappa shape index (κ1) is 12.7. The van der Waals surface area contributed by atoms with Crippen molar-refractivity contribution in [1.29, 1.82) is 5.26 Å². The monoisotopic (exact) mass is 252 g/mol. The predicted molar refractivity (Wildman–Crippen MR) is 73.1 cm³/mol. The SMILES string of the molecule is COc1ccc(/C=N/c2ccc(C#N)cc2)c(O)c1. The number of benzene rings is 2. The van der Waals surface area contributed by atoms with Crippen LogP contribution >= 0.6 is 0 Å². The molecule has 0 atom stereocenters. The second-order valence-electron chi connectivity index (χ2n) is 3.84. The Bertz CT molecular complexity index is 640. The van der Waals surface area contributed by atoms with Crippen molar-refractivity contribution in [3.63, 3.8) is 0 Å². The molecule has 0 aromatic heterocycles. The fourth-order valence-corrected chi connectivity index (χ4v) is 1.53. The summed E-state index contributed by atoms with van der Waals surface area (Å²) in [4.78, 5) is 4.23. The smallest absolute Gasteiger partial charge is 0.128 e. The van der Waals surface area contributed by atoms with Gasteiger partial charge in [0, 0.05) is 17.8 Å². The molecule has 0 radical (unpaired) electrons. The summed E-state index contributed by atoms with van der Waals surface area (Å²) in [7, 11) is 1.54. The largest absolute Gasteiger partial charge is 0.507 e. The van der Waals surface area contributed by atoms with Crippen molar-refractivity contribution in [3.8, 4) is 17.6 Å². The lowest BCUT2D eigenvalue weighted by molar-refractivity contribution is 0.407. The molecule has 4 heteroatoms. The summed E-state index contributed by atoms with van der Waals surface area (Å²) in [5.41, 5.74) is 1.91. The Morgan fingerprint density at radius 3 is 2.53 bits per heavy atom. The Morgan fingerprint density at radius 2 is 1.95 bits per heavy atom. The fraction of sp³-hybridized carbons (Fsp3) is 0.0667. The number of phenolic OH excluding ortho intramolecular Hbond substituents is 1. The number of methoxy groups -OCH3 is 1. The van der Waals surface area contributed by atoms with E-state index in [1.54, 1.807) is 49.7 Å². The Labute approximate surface area is 111 Å². The van der Waals surface area contributed by atoms with Crippen molar-refractivity contribution in [3.05, 3.63) is 53.6 Å². The molecule has 0 unspecified atom stereocenters. The molecule has 0 fully saturated rings. The van der Waals surface area contributed by atoms with Crippen LogP contribution < -0.4 is 4.74 Å². The molecule has 19 heavy (non-hydrogen) atoms. The summed E-state index contributed by atoms with van der Waals surface area (Å²) in [5, 5.41) is 18.5. The number of nitriles is 1. The lowest BCUT2D eigenvalue weighted by Gasteiger charge is -2.02. The first-order chi connectivity index (χ1) is 9.22. The number of hydrogen-bond donors (Lipinski definition) is 1. The normalized spacial score (nSPS) is 10.3. The molecule has 94 valence electrons. The van der Waals surface area contributed by atoms with Gasteiger partial charge in [0.05, 0.1) is 24.4 Å². The quantitative estimate of drug-likeness (QED) is 0.854. The second-order valence-corrected chi connectivity index (χ2v) is 3.84. The van der Waals surface area contributed by atoms with Gasteiger partial charge in [-0.2, -0.15) is 5.26 Å². The van der Waals surface area contributed by atoms with Gasteiger partial charge in [0.1, 0.15) is 11.5 Å². The number of ether oxygens (including phenoxy) is 1. The maximum atomic E-state index is 9.77. The zero-order valence-corrected chi connectivity index (χ0v) is 10.4. The number of phenols is 1. The average Bonchev–Trinajstić information content (AvgIpc) is 2.46. The summed E-state index contributed by atoms with van der Waals surface area (Å²) < 4.78 is 5.00. The molecule has 0 saturated carbocycles. The highest BCUT2D eigenvalue weighted by molar-refractivity contribution is 5.85. The van der Waals surface area contributed by atoms with Gasteiger partial charge < -0.3 is 9.84 Å². The van der Waals surface area contributed by atoms with E-state index in [0.29, 0.717) is 22.6 Å². The van der Waals surface area contributed by atoms with E-state index in [1.807, 2.05) is 6.07 Å². The van der Waals surface area contributed by atoms with Gasteiger partial charge in [-0.1, -0.05) is 0 Å². The van der Waals surface area contributed by atoms with Crippen LogP contribution in [0.25, 0.3) is 0 Å². The molecule has 0 saturated heterocycles. The molecule has 0 amide bonds. The van der Waals surface area contributed by atoms with Gasteiger partial charge in [0.15, 0.2) is 0 Å². The van der Waals surface area contributed by atoms with Gasteiger partial charge >= 0.3 is 0 Å². The highest BCUT2D eigenvalue weighted by atomic mass is 16.5. The van der Waals surface area contributed by atoms with Crippen LogP contribution in [0, 0.1) is 11.3 Å². The first-order valence-electron chi connectivity index (χ1n) is 5.64.